The van der Waals surface area contributed by atoms with Gasteiger partial charge in [0.1, 0.15) is 11.6 Å². The summed E-state index contributed by atoms with van der Waals surface area (Å²) in [6, 6.07) is 5.83. The van der Waals surface area contributed by atoms with Crippen molar-refractivity contribution in [1.82, 2.24) is 9.97 Å². The standard InChI is InChI=1S/C16H19N5O/c1-3-15(22)20-12-4-5-13-14(8-12)18-10(2)19-16(13)21-7-6-11(17)9-21/h3-5,8,11H,1,6-7,9,17H2,2H3,(H,20,22). The second kappa shape index (κ2) is 5.73. The van der Waals surface area contributed by atoms with Crippen LogP contribution in [-0.2, 0) is 4.79 Å². The number of nitrogens with zero attached hydrogens (tertiary/aromatic N) is 3. The molecule has 114 valence electrons. The van der Waals surface area contributed by atoms with Gasteiger partial charge in [-0.15, -0.1) is 0 Å². The number of amides is 1. The molecule has 0 bridgehead atoms. The van der Waals surface area contributed by atoms with Crippen LogP contribution in [0.5, 0.6) is 0 Å². The number of nitrogens with two attached hydrogens (primary N) is 1. The number of rotatable bonds is 3. The molecule has 0 radical (unpaired) electrons. The van der Waals surface area contributed by atoms with Gasteiger partial charge < -0.3 is 16.0 Å². The van der Waals surface area contributed by atoms with Crippen LogP contribution in [0.1, 0.15) is 12.2 Å². The molecule has 0 aliphatic carbocycles. The molecular formula is C16H19N5O. The minimum atomic E-state index is -0.240. The molecule has 1 aliphatic heterocycles. The molecule has 1 aromatic heterocycles. The smallest absolute Gasteiger partial charge is 0.247 e. The van der Waals surface area contributed by atoms with Crippen molar-refractivity contribution in [3.63, 3.8) is 0 Å². The third-order valence-electron chi connectivity index (χ3n) is 3.77. The number of benzene rings is 1. The molecular weight excluding hydrogens is 278 g/mol. The first kappa shape index (κ1) is 14.5. The van der Waals surface area contributed by atoms with E-state index in [-0.39, 0.29) is 11.9 Å². The summed E-state index contributed by atoms with van der Waals surface area (Å²) in [7, 11) is 0. The number of carbonyl (C=O) groups is 1. The van der Waals surface area contributed by atoms with Gasteiger partial charge in [0.25, 0.3) is 0 Å². The second-order valence-electron chi connectivity index (χ2n) is 5.51. The van der Waals surface area contributed by atoms with Crippen LogP contribution in [0.15, 0.2) is 30.9 Å². The van der Waals surface area contributed by atoms with Gasteiger partial charge in [-0.25, -0.2) is 9.97 Å². The number of aryl methyl sites for hydroxylation is 1. The van der Waals surface area contributed by atoms with Crippen LogP contribution in [0.3, 0.4) is 0 Å². The topological polar surface area (TPSA) is 84.1 Å². The van der Waals surface area contributed by atoms with Gasteiger partial charge in [0.05, 0.1) is 5.52 Å². The number of nitrogens with one attached hydrogen (secondary N) is 1. The van der Waals surface area contributed by atoms with E-state index in [1.165, 1.54) is 6.08 Å². The number of hydrogen-bond donors (Lipinski definition) is 2. The van der Waals surface area contributed by atoms with Crippen molar-refractivity contribution in [2.75, 3.05) is 23.3 Å². The van der Waals surface area contributed by atoms with Gasteiger partial charge in [-0.05, 0) is 37.6 Å². The first-order valence-electron chi connectivity index (χ1n) is 7.29. The monoisotopic (exact) mass is 297 g/mol. The zero-order valence-corrected chi connectivity index (χ0v) is 12.5. The van der Waals surface area contributed by atoms with Crippen molar-refractivity contribution in [3.05, 3.63) is 36.7 Å². The summed E-state index contributed by atoms with van der Waals surface area (Å²) in [5, 5.41) is 3.72. The first-order chi connectivity index (χ1) is 10.6. The van der Waals surface area contributed by atoms with Crippen LogP contribution in [0.25, 0.3) is 10.9 Å². The van der Waals surface area contributed by atoms with Crippen molar-refractivity contribution in [3.8, 4) is 0 Å². The van der Waals surface area contributed by atoms with Crippen LogP contribution in [-0.4, -0.2) is 35.0 Å². The summed E-state index contributed by atoms with van der Waals surface area (Å²) in [5.41, 5.74) is 7.50. The van der Waals surface area contributed by atoms with E-state index in [2.05, 4.69) is 26.8 Å². The maximum Gasteiger partial charge on any atom is 0.247 e. The molecule has 1 amide bonds. The highest BCUT2D eigenvalue weighted by Gasteiger charge is 2.22. The molecule has 1 aromatic carbocycles. The van der Waals surface area contributed by atoms with Crippen molar-refractivity contribution in [2.45, 2.75) is 19.4 Å². The van der Waals surface area contributed by atoms with E-state index in [0.717, 1.165) is 36.2 Å². The Labute approximate surface area is 129 Å². The summed E-state index contributed by atoms with van der Waals surface area (Å²) >= 11 is 0. The largest absolute Gasteiger partial charge is 0.354 e. The molecule has 22 heavy (non-hydrogen) atoms. The van der Waals surface area contributed by atoms with E-state index in [0.29, 0.717) is 11.5 Å². The van der Waals surface area contributed by atoms with E-state index < -0.39 is 0 Å². The highest BCUT2D eigenvalue weighted by Crippen LogP contribution is 2.28. The summed E-state index contributed by atoms with van der Waals surface area (Å²) in [6.45, 7) is 7.03. The first-order valence-corrected chi connectivity index (χ1v) is 7.29. The zero-order valence-electron chi connectivity index (χ0n) is 12.5. The summed E-state index contributed by atoms with van der Waals surface area (Å²) in [5.74, 6) is 1.38. The van der Waals surface area contributed by atoms with Gasteiger partial charge in [0, 0.05) is 30.2 Å². The molecule has 0 saturated carbocycles. The van der Waals surface area contributed by atoms with E-state index >= 15 is 0 Å². The highest BCUT2D eigenvalue weighted by atomic mass is 16.1. The van der Waals surface area contributed by atoms with E-state index in [1.807, 2.05) is 25.1 Å². The fourth-order valence-corrected chi connectivity index (χ4v) is 2.72. The van der Waals surface area contributed by atoms with Gasteiger partial charge in [-0.2, -0.15) is 0 Å². The van der Waals surface area contributed by atoms with Crippen LogP contribution in [0.2, 0.25) is 0 Å². The van der Waals surface area contributed by atoms with Gasteiger partial charge in [0.2, 0.25) is 5.91 Å². The lowest BCUT2D eigenvalue weighted by molar-refractivity contribution is -0.111. The molecule has 1 fully saturated rings. The number of aromatic nitrogens is 2. The predicted octanol–water partition coefficient (Wildman–Crippen LogP) is 1.60. The molecule has 1 saturated heterocycles. The molecule has 2 aromatic rings. The molecule has 3 rings (SSSR count). The lowest BCUT2D eigenvalue weighted by Gasteiger charge is -2.19. The fraction of sp³-hybridized carbons (Fsp3) is 0.312. The Balaban J connectivity index is 2.03. The molecule has 1 atom stereocenters. The zero-order chi connectivity index (χ0) is 15.7. The van der Waals surface area contributed by atoms with Crippen molar-refractivity contribution < 1.29 is 4.79 Å². The summed E-state index contributed by atoms with van der Waals surface area (Å²) in [6.07, 6.45) is 2.21. The lowest BCUT2D eigenvalue weighted by atomic mass is 10.2. The minimum Gasteiger partial charge on any atom is -0.354 e. The van der Waals surface area contributed by atoms with Gasteiger partial charge in [-0.3, -0.25) is 4.79 Å². The maximum atomic E-state index is 11.4. The quantitative estimate of drug-likeness (QED) is 0.841. The molecule has 6 heteroatoms. The highest BCUT2D eigenvalue weighted by molar-refractivity contribution is 6.01. The number of hydrogen-bond acceptors (Lipinski definition) is 5. The van der Waals surface area contributed by atoms with Crippen LogP contribution >= 0.6 is 0 Å². The van der Waals surface area contributed by atoms with Crippen LogP contribution < -0.4 is 16.0 Å². The van der Waals surface area contributed by atoms with E-state index in [4.69, 9.17) is 5.73 Å². The normalized spacial score (nSPS) is 17.7. The lowest BCUT2D eigenvalue weighted by Crippen LogP contribution is -2.27. The Morgan fingerprint density at radius 1 is 1.50 bits per heavy atom. The molecule has 6 nitrogen and oxygen atoms in total. The van der Waals surface area contributed by atoms with Crippen LogP contribution in [0, 0.1) is 6.92 Å². The van der Waals surface area contributed by atoms with Crippen molar-refractivity contribution in [1.29, 1.82) is 0 Å². The van der Waals surface area contributed by atoms with E-state index in [9.17, 15) is 4.79 Å². The fourth-order valence-electron chi connectivity index (χ4n) is 2.72. The maximum absolute atomic E-state index is 11.4. The second-order valence-corrected chi connectivity index (χ2v) is 5.51. The molecule has 0 spiro atoms. The Morgan fingerprint density at radius 3 is 3.00 bits per heavy atom. The van der Waals surface area contributed by atoms with E-state index in [1.54, 1.807) is 0 Å². The average Bonchev–Trinajstić information content (AvgIpc) is 2.92. The third kappa shape index (κ3) is 2.78. The number of anilines is 2. The predicted molar refractivity (Wildman–Crippen MR) is 87.9 cm³/mol. The number of carbonyl (C=O) groups excluding carboxylic acids is 1. The minimum absolute atomic E-state index is 0.191. The van der Waals surface area contributed by atoms with Gasteiger partial charge in [0.15, 0.2) is 0 Å². The summed E-state index contributed by atoms with van der Waals surface area (Å²) in [4.78, 5) is 22.7. The third-order valence-corrected chi connectivity index (χ3v) is 3.77. The molecule has 1 aliphatic rings. The van der Waals surface area contributed by atoms with Crippen molar-refractivity contribution >= 4 is 28.3 Å². The van der Waals surface area contributed by atoms with Gasteiger partial charge in [-0.1, -0.05) is 6.58 Å². The SMILES string of the molecule is C=CC(=O)Nc1ccc2c(N3CCC(N)C3)nc(C)nc2c1. The Morgan fingerprint density at radius 2 is 2.32 bits per heavy atom. The van der Waals surface area contributed by atoms with Gasteiger partial charge >= 0.3 is 0 Å². The summed E-state index contributed by atoms with van der Waals surface area (Å²) < 4.78 is 0. The Kier molecular flexibility index (Phi) is 3.77. The molecule has 1 unspecified atom stereocenters. The van der Waals surface area contributed by atoms with Crippen molar-refractivity contribution in [2.24, 2.45) is 5.73 Å². The molecule has 3 N–H and O–H groups in total. The Bertz CT molecular complexity index is 743. The number of fused-ring (bicyclic) bond motifs is 1. The Hall–Kier alpha value is -2.47. The average molecular weight is 297 g/mol. The van der Waals surface area contributed by atoms with Crippen LogP contribution in [0.4, 0.5) is 11.5 Å². The molecule has 2 heterocycles.